The zero-order chi connectivity index (χ0) is 13.9. The topological polar surface area (TPSA) is 56.8 Å². The molecule has 0 unspecified atom stereocenters. The Morgan fingerprint density at radius 1 is 1.00 bits per heavy atom. The van der Waals surface area contributed by atoms with Crippen LogP contribution in [-0.4, -0.2) is 59.4 Å². The van der Waals surface area contributed by atoms with Crippen LogP contribution in [0, 0.1) is 0 Å². The molecule has 2 aliphatic rings. The largest absolute Gasteiger partial charge is 0.354 e. The van der Waals surface area contributed by atoms with Crippen LogP contribution in [-0.2, 0) is 9.59 Å². The van der Waals surface area contributed by atoms with Crippen LogP contribution in [0.4, 0.5) is 5.82 Å². The van der Waals surface area contributed by atoms with Crippen LogP contribution in [0.5, 0.6) is 0 Å². The van der Waals surface area contributed by atoms with E-state index >= 15 is 0 Å². The van der Waals surface area contributed by atoms with E-state index in [4.69, 9.17) is 0 Å². The number of carbonyl (C=O) groups excluding carboxylic acids is 2. The van der Waals surface area contributed by atoms with Crippen molar-refractivity contribution >= 4 is 17.6 Å². The van der Waals surface area contributed by atoms with E-state index < -0.39 is 0 Å². The summed E-state index contributed by atoms with van der Waals surface area (Å²) >= 11 is 0. The Hall–Kier alpha value is -1.95. The summed E-state index contributed by atoms with van der Waals surface area (Å²) in [5.74, 6) is 0.907. The second-order valence-electron chi connectivity index (χ2n) is 5.15. The minimum absolute atomic E-state index is 0.0397. The zero-order valence-corrected chi connectivity index (χ0v) is 11.4. The van der Waals surface area contributed by atoms with Crippen LogP contribution in [0.1, 0.15) is 12.8 Å². The molecule has 2 aliphatic heterocycles. The van der Waals surface area contributed by atoms with Gasteiger partial charge in [-0.2, -0.15) is 0 Å². The minimum atomic E-state index is -0.0397. The smallest absolute Gasteiger partial charge is 0.230 e. The van der Waals surface area contributed by atoms with Gasteiger partial charge in [-0.05, 0) is 12.1 Å². The molecule has 0 aliphatic carbocycles. The van der Waals surface area contributed by atoms with E-state index in [1.54, 1.807) is 6.20 Å². The monoisotopic (exact) mass is 274 g/mol. The average Bonchev–Trinajstić information content (AvgIpc) is 2.81. The average molecular weight is 274 g/mol. The van der Waals surface area contributed by atoms with Gasteiger partial charge in [-0.1, -0.05) is 6.07 Å². The Balaban J connectivity index is 1.54. The SMILES string of the molecule is O=C1CCC(=O)N1CN1CCN(c2ccccn2)CC1. The molecule has 2 saturated heterocycles. The van der Waals surface area contributed by atoms with Gasteiger partial charge in [-0.25, -0.2) is 4.98 Å². The molecule has 3 heterocycles. The number of imide groups is 1. The van der Waals surface area contributed by atoms with Crippen molar-refractivity contribution < 1.29 is 9.59 Å². The lowest BCUT2D eigenvalue weighted by Gasteiger charge is -2.36. The number of likely N-dealkylation sites (tertiary alicyclic amines) is 1. The molecule has 1 aromatic heterocycles. The highest BCUT2D eigenvalue weighted by Crippen LogP contribution is 2.15. The Labute approximate surface area is 118 Å². The zero-order valence-electron chi connectivity index (χ0n) is 11.4. The third-order valence-electron chi connectivity index (χ3n) is 3.84. The molecule has 0 aromatic carbocycles. The van der Waals surface area contributed by atoms with Crippen molar-refractivity contribution in [2.75, 3.05) is 37.7 Å². The number of hydrogen-bond acceptors (Lipinski definition) is 5. The summed E-state index contributed by atoms with van der Waals surface area (Å²) in [6.45, 7) is 3.86. The Bertz CT molecular complexity index is 481. The van der Waals surface area contributed by atoms with E-state index in [1.165, 1.54) is 4.90 Å². The maximum atomic E-state index is 11.6. The fraction of sp³-hybridized carbons (Fsp3) is 0.500. The lowest BCUT2D eigenvalue weighted by Crippen LogP contribution is -2.51. The van der Waals surface area contributed by atoms with E-state index in [0.29, 0.717) is 19.5 Å². The van der Waals surface area contributed by atoms with Crippen molar-refractivity contribution in [2.45, 2.75) is 12.8 Å². The predicted octanol–water partition coefficient (Wildman–Crippen LogP) is 0.310. The number of amides is 2. The van der Waals surface area contributed by atoms with Gasteiger partial charge in [0.05, 0.1) is 6.67 Å². The predicted molar refractivity (Wildman–Crippen MR) is 74.0 cm³/mol. The molecule has 2 amide bonds. The molecule has 2 fully saturated rings. The molecule has 0 radical (unpaired) electrons. The number of nitrogens with zero attached hydrogens (tertiary/aromatic N) is 4. The normalized spacial score (nSPS) is 20.8. The molecule has 1 aromatic rings. The van der Waals surface area contributed by atoms with Crippen LogP contribution < -0.4 is 4.90 Å². The summed E-state index contributed by atoms with van der Waals surface area (Å²) in [5, 5.41) is 0. The van der Waals surface area contributed by atoms with Gasteiger partial charge in [0.2, 0.25) is 11.8 Å². The highest BCUT2D eigenvalue weighted by molar-refractivity contribution is 6.01. The maximum absolute atomic E-state index is 11.6. The summed E-state index contributed by atoms with van der Waals surface area (Å²) in [6.07, 6.45) is 2.53. The van der Waals surface area contributed by atoms with Gasteiger partial charge in [0, 0.05) is 45.2 Å². The third-order valence-corrected chi connectivity index (χ3v) is 3.84. The molecule has 3 rings (SSSR count). The second kappa shape index (κ2) is 5.58. The highest BCUT2D eigenvalue weighted by Gasteiger charge is 2.31. The molecule has 0 saturated carbocycles. The summed E-state index contributed by atoms with van der Waals surface area (Å²) in [5.41, 5.74) is 0. The molecule has 0 spiro atoms. The number of rotatable bonds is 3. The van der Waals surface area contributed by atoms with Gasteiger partial charge >= 0.3 is 0 Å². The highest BCUT2D eigenvalue weighted by atomic mass is 16.2. The van der Waals surface area contributed by atoms with Gasteiger partial charge < -0.3 is 4.90 Å². The van der Waals surface area contributed by atoms with Gasteiger partial charge in [0.15, 0.2) is 0 Å². The van der Waals surface area contributed by atoms with Gasteiger partial charge in [0.1, 0.15) is 5.82 Å². The molecule has 106 valence electrons. The van der Waals surface area contributed by atoms with Gasteiger partial charge in [-0.15, -0.1) is 0 Å². The van der Waals surface area contributed by atoms with Crippen LogP contribution in [0.3, 0.4) is 0 Å². The molecule has 20 heavy (non-hydrogen) atoms. The Kier molecular flexibility index (Phi) is 3.64. The van der Waals surface area contributed by atoms with Crippen LogP contribution >= 0.6 is 0 Å². The molecule has 6 heteroatoms. The summed E-state index contributed by atoms with van der Waals surface area (Å²) in [6, 6.07) is 5.89. The van der Waals surface area contributed by atoms with E-state index in [-0.39, 0.29) is 11.8 Å². The fourth-order valence-corrected chi connectivity index (χ4v) is 2.64. The van der Waals surface area contributed by atoms with Crippen LogP contribution in [0.15, 0.2) is 24.4 Å². The third kappa shape index (κ3) is 2.65. The fourth-order valence-electron chi connectivity index (χ4n) is 2.64. The maximum Gasteiger partial charge on any atom is 0.230 e. The summed E-state index contributed by atoms with van der Waals surface area (Å²) in [4.78, 5) is 33.3. The first-order chi connectivity index (χ1) is 9.74. The first-order valence-electron chi connectivity index (χ1n) is 6.95. The first-order valence-corrected chi connectivity index (χ1v) is 6.95. The lowest BCUT2D eigenvalue weighted by atomic mass is 10.3. The quantitative estimate of drug-likeness (QED) is 0.743. The summed E-state index contributed by atoms with van der Waals surface area (Å²) in [7, 11) is 0. The van der Waals surface area contributed by atoms with E-state index in [9.17, 15) is 9.59 Å². The van der Waals surface area contributed by atoms with Crippen molar-refractivity contribution in [3.05, 3.63) is 24.4 Å². The number of carbonyl (C=O) groups is 2. The molecule has 6 nitrogen and oxygen atoms in total. The summed E-state index contributed by atoms with van der Waals surface area (Å²) < 4.78 is 0. The van der Waals surface area contributed by atoms with Crippen molar-refractivity contribution in [1.29, 1.82) is 0 Å². The van der Waals surface area contributed by atoms with Crippen LogP contribution in [0.25, 0.3) is 0 Å². The Morgan fingerprint density at radius 2 is 1.70 bits per heavy atom. The molecule has 0 bridgehead atoms. The van der Waals surface area contributed by atoms with E-state index in [1.807, 2.05) is 18.2 Å². The van der Waals surface area contributed by atoms with E-state index in [2.05, 4.69) is 14.8 Å². The standard InChI is InChI=1S/C14H18N4O2/c19-13-4-5-14(20)18(13)11-16-7-9-17(10-8-16)12-3-1-2-6-15-12/h1-3,6H,4-5,7-11H2. The second-order valence-corrected chi connectivity index (χ2v) is 5.15. The molecule has 0 N–H and O–H groups in total. The lowest BCUT2D eigenvalue weighted by molar-refractivity contribution is -0.140. The van der Waals surface area contributed by atoms with Gasteiger partial charge in [-0.3, -0.25) is 19.4 Å². The van der Waals surface area contributed by atoms with Crippen LogP contribution in [0.2, 0.25) is 0 Å². The molecule has 0 atom stereocenters. The van der Waals surface area contributed by atoms with E-state index in [0.717, 1.165) is 32.0 Å². The number of hydrogen-bond donors (Lipinski definition) is 0. The molecular weight excluding hydrogens is 256 g/mol. The number of piperazine rings is 1. The van der Waals surface area contributed by atoms with Crippen molar-refractivity contribution in [3.63, 3.8) is 0 Å². The number of anilines is 1. The van der Waals surface area contributed by atoms with Crippen molar-refractivity contribution in [1.82, 2.24) is 14.8 Å². The first kappa shape index (κ1) is 13.1. The Morgan fingerprint density at radius 3 is 2.30 bits per heavy atom. The number of pyridine rings is 1. The molecular formula is C14H18N4O2. The van der Waals surface area contributed by atoms with Crippen molar-refractivity contribution in [2.24, 2.45) is 0 Å². The van der Waals surface area contributed by atoms with Crippen molar-refractivity contribution in [3.8, 4) is 0 Å². The minimum Gasteiger partial charge on any atom is -0.354 e. The van der Waals surface area contributed by atoms with Gasteiger partial charge in [0.25, 0.3) is 0 Å². The number of aromatic nitrogens is 1.